The summed E-state index contributed by atoms with van der Waals surface area (Å²) < 4.78 is 6.28. The molecule has 10 heteroatoms. The van der Waals surface area contributed by atoms with E-state index in [4.69, 9.17) is 17.0 Å². The SMILES string of the molecule is Cc1ccc(N2C(=O)[C@H](/C=N\NC(=O)COc3ccccc3I)C(=O)NC2=S)cc1. The number of carbonyl (C=O) groups is 3. The Morgan fingerprint density at radius 1 is 1.27 bits per heavy atom. The van der Waals surface area contributed by atoms with Gasteiger partial charge in [0, 0.05) is 6.21 Å². The maximum absolute atomic E-state index is 12.8. The molecule has 0 saturated carbocycles. The first-order chi connectivity index (χ1) is 14.4. The summed E-state index contributed by atoms with van der Waals surface area (Å²) in [6.45, 7) is 1.66. The van der Waals surface area contributed by atoms with Crippen LogP contribution in [0.1, 0.15) is 5.56 Å². The van der Waals surface area contributed by atoms with Gasteiger partial charge < -0.3 is 10.1 Å². The number of anilines is 1. The molecule has 0 aromatic heterocycles. The van der Waals surface area contributed by atoms with Gasteiger partial charge in [-0.3, -0.25) is 19.3 Å². The fraction of sp³-hybridized carbons (Fsp3) is 0.150. The molecule has 3 rings (SSSR count). The zero-order valence-corrected chi connectivity index (χ0v) is 18.8. The highest BCUT2D eigenvalue weighted by Gasteiger charge is 2.38. The topological polar surface area (TPSA) is 100 Å². The zero-order chi connectivity index (χ0) is 21.7. The van der Waals surface area contributed by atoms with E-state index in [-0.39, 0.29) is 11.7 Å². The Morgan fingerprint density at radius 2 is 1.97 bits per heavy atom. The fourth-order valence-electron chi connectivity index (χ4n) is 2.58. The van der Waals surface area contributed by atoms with Crippen LogP contribution in [0.25, 0.3) is 0 Å². The molecule has 0 spiro atoms. The van der Waals surface area contributed by atoms with E-state index in [0.717, 1.165) is 15.3 Å². The number of benzene rings is 2. The summed E-state index contributed by atoms with van der Waals surface area (Å²) in [5.74, 6) is -2.35. The van der Waals surface area contributed by atoms with Gasteiger partial charge in [-0.25, -0.2) is 5.43 Å². The van der Waals surface area contributed by atoms with Crippen LogP contribution in [-0.2, 0) is 14.4 Å². The van der Waals surface area contributed by atoms with E-state index in [2.05, 4.69) is 38.4 Å². The number of para-hydroxylation sites is 1. The van der Waals surface area contributed by atoms with Gasteiger partial charge in [0.2, 0.25) is 5.91 Å². The lowest BCUT2D eigenvalue weighted by Gasteiger charge is -2.30. The highest BCUT2D eigenvalue weighted by molar-refractivity contribution is 14.1. The molecule has 1 heterocycles. The molecule has 1 aliphatic heterocycles. The predicted octanol–water partition coefficient (Wildman–Crippen LogP) is 2.14. The first kappa shape index (κ1) is 21.8. The standard InChI is InChI=1S/C20H17IN4O4S/c1-12-6-8-13(9-7-12)25-19(28)14(18(27)23-20(25)30)10-22-24-17(26)11-29-16-5-3-2-4-15(16)21/h2-10,14H,11H2,1H3,(H,24,26)(H,23,27,30)/b22-10-/t14-/m1/s1. The van der Waals surface area contributed by atoms with Crippen LogP contribution >= 0.6 is 34.8 Å². The van der Waals surface area contributed by atoms with Gasteiger partial charge in [0.25, 0.3) is 11.8 Å². The van der Waals surface area contributed by atoms with E-state index in [1.165, 1.54) is 4.90 Å². The van der Waals surface area contributed by atoms with E-state index in [1.807, 2.05) is 31.2 Å². The van der Waals surface area contributed by atoms with Crippen LogP contribution in [0, 0.1) is 16.4 Å². The molecule has 8 nitrogen and oxygen atoms in total. The van der Waals surface area contributed by atoms with Gasteiger partial charge >= 0.3 is 0 Å². The molecule has 3 amide bonds. The molecule has 1 saturated heterocycles. The molecule has 0 radical (unpaired) electrons. The van der Waals surface area contributed by atoms with Gasteiger partial charge in [-0.2, -0.15) is 5.10 Å². The van der Waals surface area contributed by atoms with Crippen molar-refractivity contribution >= 4 is 69.5 Å². The number of carbonyl (C=O) groups excluding carboxylic acids is 3. The Hall–Kier alpha value is -2.86. The van der Waals surface area contributed by atoms with Crippen molar-refractivity contribution in [3.63, 3.8) is 0 Å². The smallest absolute Gasteiger partial charge is 0.277 e. The molecule has 30 heavy (non-hydrogen) atoms. The Morgan fingerprint density at radius 3 is 2.67 bits per heavy atom. The van der Waals surface area contributed by atoms with Crippen molar-refractivity contribution in [3.8, 4) is 5.75 Å². The maximum Gasteiger partial charge on any atom is 0.277 e. The molecule has 1 fully saturated rings. The van der Waals surface area contributed by atoms with Crippen LogP contribution in [-0.4, -0.2) is 35.7 Å². The summed E-state index contributed by atoms with van der Waals surface area (Å²) in [7, 11) is 0. The number of hydrogen-bond acceptors (Lipinski definition) is 6. The van der Waals surface area contributed by atoms with Crippen molar-refractivity contribution in [2.75, 3.05) is 11.5 Å². The Balaban J connectivity index is 1.62. The van der Waals surface area contributed by atoms with E-state index < -0.39 is 23.6 Å². The Labute approximate surface area is 191 Å². The molecule has 2 N–H and O–H groups in total. The molecule has 0 unspecified atom stereocenters. The van der Waals surface area contributed by atoms with E-state index in [0.29, 0.717) is 11.4 Å². The van der Waals surface area contributed by atoms with Gasteiger partial charge in [-0.05, 0) is 66.0 Å². The summed E-state index contributed by atoms with van der Waals surface area (Å²) in [6, 6.07) is 14.4. The molecular weight excluding hydrogens is 519 g/mol. The van der Waals surface area contributed by atoms with Crippen molar-refractivity contribution in [2.45, 2.75) is 6.92 Å². The summed E-state index contributed by atoms with van der Waals surface area (Å²) in [6.07, 6.45) is 1.07. The van der Waals surface area contributed by atoms with Gasteiger partial charge in [0.15, 0.2) is 17.6 Å². The minimum absolute atomic E-state index is 0.00611. The molecule has 154 valence electrons. The van der Waals surface area contributed by atoms with Crippen LogP contribution in [0.5, 0.6) is 5.75 Å². The predicted molar refractivity (Wildman–Crippen MR) is 124 cm³/mol. The maximum atomic E-state index is 12.8. The number of amides is 3. The number of hydrazone groups is 1. The van der Waals surface area contributed by atoms with E-state index in [9.17, 15) is 14.4 Å². The third kappa shape index (κ3) is 5.19. The lowest BCUT2D eigenvalue weighted by Crippen LogP contribution is -2.58. The molecule has 0 aliphatic carbocycles. The first-order valence-electron chi connectivity index (χ1n) is 8.81. The minimum Gasteiger partial charge on any atom is -0.483 e. The van der Waals surface area contributed by atoms with Crippen LogP contribution < -0.4 is 20.4 Å². The normalized spacial score (nSPS) is 16.5. The monoisotopic (exact) mass is 536 g/mol. The quantitative estimate of drug-likeness (QED) is 0.194. The lowest BCUT2D eigenvalue weighted by molar-refractivity contribution is -0.130. The number of ether oxygens (including phenoxy) is 1. The number of halogens is 1. The second-order valence-corrected chi connectivity index (χ2v) is 7.86. The van der Waals surface area contributed by atoms with Gasteiger partial charge in [0.1, 0.15) is 5.75 Å². The third-order valence-electron chi connectivity index (χ3n) is 4.10. The summed E-state index contributed by atoms with van der Waals surface area (Å²) in [4.78, 5) is 38.2. The van der Waals surface area contributed by atoms with Crippen molar-refractivity contribution in [2.24, 2.45) is 11.0 Å². The minimum atomic E-state index is -1.23. The number of hydrogen-bond donors (Lipinski definition) is 2. The molecule has 0 bridgehead atoms. The van der Waals surface area contributed by atoms with E-state index in [1.54, 1.807) is 24.3 Å². The summed E-state index contributed by atoms with van der Waals surface area (Å²) in [5, 5.41) is 6.22. The number of thiocarbonyl (C=S) groups is 1. The van der Waals surface area contributed by atoms with E-state index >= 15 is 0 Å². The van der Waals surface area contributed by atoms with Crippen LogP contribution in [0.15, 0.2) is 53.6 Å². The molecule has 1 atom stereocenters. The Kier molecular flexibility index (Phi) is 7.11. The van der Waals surface area contributed by atoms with Crippen LogP contribution in [0.2, 0.25) is 0 Å². The number of nitrogens with zero attached hydrogens (tertiary/aromatic N) is 2. The van der Waals surface area contributed by atoms with Crippen molar-refractivity contribution in [1.29, 1.82) is 0 Å². The fourth-order valence-corrected chi connectivity index (χ4v) is 3.42. The Bertz CT molecular complexity index is 1030. The van der Waals surface area contributed by atoms with Crippen molar-refractivity contribution in [1.82, 2.24) is 10.7 Å². The van der Waals surface area contributed by atoms with Gasteiger partial charge in [-0.15, -0.1) is 0 Å². The van der Waals surface area contributed by atoms with Crippen molar-refractivity contribution in [3.05, 3.63) is 57.7 Å². The molecular formula is C20H17IN4O4S. The highest BCUT2D eigenvalue weighted by atomic mass is 127. The first-order valence-corrected chi connectivity index (χ1v) is 10.3. The van der Waals surface area contributed by atoms with Crippen molar-refractivity contribution < 1.29 is 19.1 Å². The lowest BCUT2D eigenvalue weighted by atomic mass is 10.1. The second-order valence-electron chi connectivity index (χ2n) is 6.31. The van der Waals surface area contributed by atoms with Gasteiger partial charge in [0.05, 0.1) is 9.26 Å². The number of aryl methyl sites for hydroxylation is 1. The average molecular weight is 536 g/mol. The van der Waals surface area contributed by atoms with Gasteiger partial charge in [-0.1, -0.05) is 29.8 Å². The number of rotatable bonds is 6. The van der Waals surface area contributed by atoms with Crippen LogP contribution in [0.4, 0.5) is 5.69 Å². The molecule has 2 aromatic carbocycles. The average Bonchev–Trinajstić information content (AvgIpc) is 2.71. The summed E-state index contributed by atoms with van der Waals surface area (Å²) >= 11 is 7.23. The molecule has 1 aliphatic rings. The molecule has 2 aromatic rings. The largest absolute Gasteiger partial charge is 0.483 e. The third-order valence-corrected chi connectivity index (χ3v) is 5.28. The zero-order valence-electron chi connectivity index (χ0n) is 15.8. The highest BCUT2D eigenvalue weighted by Crippen LogP contribution is 2.21. The number of nitrogens with one attached hydrogen (secondary N) is 2. The van der Waals surface area contributed by atoms with Crippen LogP contribution in [0.3, 0.4) is 0 Å². The second kappa shape index (κ2) is 9.76. The summed E-state index contributed by atoms with van der Waals surface area (Å²) in [5.41, 5.74) is 3.80.